The molecule has 0 aliphatic heterocycles. The fraction of sp³-hybridized carbons (Fsp3) is 0.167. The lowest BCUT2D eigenvalue weighted by molar-refractivity contribution is 0.187. The predicted molar refractivity (Wildman–Crippen MR) is 96.2 cm³/mol. The molecule has 126 valence electrons. The van der Waals surface area contributed by atoms with E-state index in [0.29, 0.717) is 30.3 Å². The standard InChI is InChI=1S/C18H16ClN5O/c19-15-8-13(24-18-14(9-20)17(21)22-11-23-18)6-7-16(15)25-10-12-4-2-1-3-5-12/h1-5,8,11H,6-7,10H2,(H3,21,22,23,24). The Labute approximate surface area is 150 Å². The Hall–Kier alpha value is -3.04. The Kier molecular flexibility index (Phi) is 5.17. The van der Waals surface area contributed by atoms with Crippen LogP contribution in [0.5, 0.6) is 0 Å². The average molecular weight is 354 g/mol. The molecule has 1 aromatic carbocycles. The van der Waals surface area contributed by atoms with Gasteiger partial charge in [0.15, 0.2) is 5.82 Å². The second kappa shape index (κ2) is 7.69. The third-order valence-electron chi connectivity index (χ3n) is 3.71. The summed E-state index contributed by atoms with van der Waals surface area (Å²) in [7, 11) is 0. The monoisotopic (exact) mass is 353 g/mol. The highest BCUT2D eigenvalue weighted by atomic mass is 35.5. The van der Waals surface area contributed by atoms with E-state index in [0.717, 1.165) is 17.0 Å². The van der Waals surface area contributed by atoms with Crippen LogP contribution in [-0.4, -0.2) is 9.97 Å². The van der Waals surface area contributed by atoms with Crippen molar-refractivity contribution in [1.82, 2.24) is 9.97 Å². The molecule has 0 spiro atoms. The summed E-state index contributed by atoms with van der Waals surface area (Å²) in [5.41, 5.74) is 7.84. The van der Waals surface area contributed by atoms with Crippen LogP contribution >= 0.6 is 11.6 Å². The fourth-order valence-corrected chi connectivity index (χ4v) is 2.69. The van der Waals surface area contributed by atoms with Gasteiger partial charge in [0.1, 0.15) is 36.1 Å². The van der Waals surface area contributed by atoms with Gasteiger partial charge in [-0.05, 0) is 18.1 Å². The zero-order valence-corrected chi connectivity index (χ0v) is 14.1. The molecule has 0 saturated heterocycles. The van der Waals surface area contributed by atoms with Crippen LogP contribution in [0.2, 0.25) is 0 Å². The Morgan fingerprint density at radius 1 is 1.24 bits per heavy atom. The molecule has 0 fully saturated rings. The van der Waals surface area contributed by atoms with Crippen molar-refractivity contribution < 1.29 is 4.74 Å². The van der Waals surface area contributed by atoms with Crippen LogP contribution in [0.3, 0.4) is 0 Å². The molecule has 0 saturated carbocycles. The molecule has 1 aliphatic rings. The summed E-state index contributed by atoms with van der Waals surface area (Å²) in [5.74, 6) is 1.27. The van der Waals surface area contributed by atoms with Gasteiger partial charge < -0.3 is 15.8 Å². The van der Waals surface area contributed by atoms with Gasteiger partial charge in [0.2, 0.25) is 0 Å². The van der Waals surface area contributed by atoms with Gasteiger partial charge in [-0.2, -0.15) is 5.26 Å². The number of aromatic nitrogens is 2. The lowest BCUT2D eigenvalue weighted by Crippen LogP contribution is -2.10. The third kappa shape index (κ3) is 4.08. The molecule has 0 unspecified atom stereocenters. The van der Waals surface area contributed by atoms with E-state index in [1.54, 1.807) is 6.08 Å². The molecule has 0 radical (unpaired) electrons. The number of benzene rings is 1. The molecule has 6 nitrogen and oxygen atoms in total. The Morgan fingerprint density at radius 3 is 2.76 bits per heavy atom. The van der Waals surface area contributed by atoms with Crippen molar-refractivity contribution in [2.45, 2.75) is 19.4 Å². The predicted octanol–water partition coefficient (Wildman–Crippen LogP) is 3.69. The summed E-state index contributed by atoms with van der Waals surface area (Å²) in [6, 6.07) is 11.9. The normalized spacial score (nSPS) is 13.8. The summed E-state index contributed by atoms with van der Waals surface area (Å²) in [6.45, 7) is 0.476. The summed E-state index contributed by atoms with van der Waals surface area (Å²) in [5, 5.41) is 12.8. The number of ether oxygens (including phenoxy) is 1. The lowest BCUT2D eigenvalue weighted by atomic mass is 10.1. The van der Waals surface area contributed by atoms with E-state index in [1.165, 1.54) is 6.33 Å². The van der Waals surface area contributed by atoms with Crippen LogP contribution in [0.1, 0.15) is 24.0 Å². The summed E-state index contributed by atoms with van der Waals surface area (Å²) in [6.07, 6.45) is 4.45. The van der Waals surface area contributed by atoms with Crippen molar-refractivity contribution in [3.63, 3.8) is 0 Å². The maximum absolute atomic E-state index is 9.18. The molecule has 25 heavy (non-hydrogen) atoms. The van der Waals surface area contributed by atoms with Crippen molar-refractivity contribution in [2.75, 3.05) is 11.1 Å². The van der Waals surface area contributed by atoms with Crippen molar-refractivity contribution in [2.24, 2.45) is 0 Å². The number of halogens is 1. The van der Waals surface area contributed by atoms with E-state index in [2.05, 4.69) is 15.3 Å². The van der Waals surface area contributed by atoms with E-state index in [9.17, 15) is 5.26 Å². The van der Waals surface area contributed by atoms with Crippen molar-refractivity contribution in [3.8, 4) is 6.07 Å². The lowest BCUT2D eigenvalue weighted by Gasteiger charge is -2.19. The highest BCUT2D eigenvalue weighted by Crippen LogP contribution is 2.29. The van der Waals surface area contributed by atoms with Gasteiger partial charge in [0, 0.05) is 12.1 Å². The van der Waals surface area contributed by atoms with Gasteiger partial charge in [-0.1, -0.05) is 41.9 Å². The first-order chi connectivity index (χ1) is 12.2. The van der Waals surface area contributed by atoms with E-state index in [1.807, 2.05) is 36.4 Å². The molecule has 7 heteroatoms. The third-order valence-corrected chi connectivity index (χ3v) is 4.03. The van der Waals surface area contributed by atoms with Crippen molar-refractivity contribution in [1.29, 1.82) is 5.26 Å². The minimum Gasteiger partial charge on any atom is -0.492 e. The van der Waals surface area contributed by atoms with Crippen LogP contribution in [0.4, 0.5) is 11.6 Å². The minimum atomic E-state index is 0.143. The summed E-state index contributed by atoms with van der Waals surface area (Å²) in [4.78, 5) is 7.88. The number of nitrogens with one attached hydrogen (secondary N) is 1. The van der Waals surface area contributed by atoms with Crippen LogP contribution in [0.15, 0.2) is 59.2 Å². The Bertz CT molecular complexity index is 871. The van der Waals surface area contributed by atoms with Gasteiger partial charge >= 0.3 is 0 Å². The molecule has 3 N–H and O–H groups in total. The molecule has 0 amide bonds. The highest BCUT2D eigenvalue weighted by Gasteiger charge is 2.16. The zero-order valence-electron chi connectivity index (χ0n) is 13.4. The quantitative estimate of drug-likeness (QED) is 0.850. The Balaban J connectivity index is 1.71. The molecule has 1 heterocycles. The molecule has 1 aliphatic carbocycles. The van der Waals surface area contributed by atoms with Gasteiger partial charge in [0.05, 0.1) is 5.03 Å². The van der Waals surface area contributed by atoms with Crippen LogP contribution in [0.25, 0.3) is 0 Å². The first-order valence-electron chi connectivity index (χ1n) is 7.71. The minimum absolute atomic E-state index is 0.143. The highest BCUT2D eigenvalue weighted by molar-refractivity contribution is 6.31. The number of hydrogen-bond acceptors (Lipinski definition) is 6. The number of rotatable bonds is 5. The Morgan fingerprint density at radius 2 is 2.04 bits per heavy atom. The number of hydrogen-bond donors (Lipinski definition) is 2. The largest absolute Gasteiger partial charge is 0.492 e. The zero-order chi connectivity index (χ0) is 17.6. The van der Waals surface area contributed by atoms with Crippen LogP contribution < -0.4 is 11.1 Å². The van der Waals surface area contributed by atoms with Crippen LogP contribution in [0, 0.1) is 11.3 Å². The first kappa shape index (κ1) is 16.8. The summed E-state index contributed by atoms with van der Waals surface area (Å²) >= 11 is 6.33. The second-order valence-electron chi connectivity index (χ2n) is 5.43. The molecule has 2 aromatic rings. The number of anilines is 2. The van der Waals surface area contributed by atoms with Crippen molar-refractivity contribution in [3.05, 3.63) is 70.4 Å². The topological polar surface area (TPSA) is 96.9 Å². The maximum Gasteiger partial charge on any atom is 0.153 e. The maximum atomic E-state index is 9.18. The van der Waals surface area contributed by atoms with Crippen molar-refractivity contribution >= 4 is 23.2 Å². The number of nitrogens with zero attached hydrogens (tertiary/aromatic N) is 3. The number of nitriles is 1. The van der Waals surface area contributed by atoms with E-state index in [4.69, 9.17) is 22.1 Å². The average Bonchev–Trinajstić information content (AvgIpc) is 2.62. The molecular weight excluding hydrogens is 338 g/mol. The smallest absolute Gasteiger partial charge is 0.153 e. The fourth-order valence-electron chi connectivity index (χ4n) is 2.41. The van der Waals surface area contributed by atoms with Crippen LogP contribution in [-0.2, 0) is 11.3 Å². The SMILES string of the molecule is N#Cc1c(N)ncnc1NC1=CC(Cl)=C(OCc2ccccc2)CC1. The molecule has 0 bridgehead atoms. The number of nitrogen functional groups attached to an aromatic ring is 1. The molecular formula is C18H16ClN5O. The molecule has 1 aromatic heterocycles. The number of allylic oxidation sites excluding steroid dienone is 4. The second-order valence-corrected chi connectivity index (χ2v) is 5.84. The van der Waals surface area contributed by atoms with Gasteiger partial charge in [-0.15, -0.1) is 0 Å². The molecule has 3 rings (SSSR count). The first-order valence-corrected chi connectivity index (χ1v) is 8.08. The number of nitrogens with two attached hydrogens (primary N) is 1. The van der Waals surface area contributed by atoms with Gasteiger partial charge in [-0.3, -0.25) is 0 Å². The van der Waals surface area contributed by atoms with E-state index in [-0.39, 0.29) is 11.4 Å². The van der Waals surface area contributed by atoms with Gasteiger partial charge in [0.25, 0.3) is 0 Å². The van der Waals surface area contributed by atoms with E-state index < -0.39 is 0 Å². The summed E-state index contributed by atoms with van der Waals surface area (Å²) < 4.78 is 5.82. The molecule has 0 atom stereocenters. The van der Waals surface area contributed by atoms with E-state index >= 15 is 0 Å². The van der Waals surface area contributed by atoms with Gasteiger partial charge in [-0.25, -0.2) is 9.97 Å².